The molecule has 0 spiro atoms. The van der Waals surface area contributed by atoms with E-state index < -0.39 is 0 Å². The van der Waals surface area contributed by atoms with Gasteiger partial charge in [-0.3, -0.25) is 0 Å². The Morgan fingerprint density at radius 1 is 0.667 bits per heavy atom. The Balaban J connectivity index is 0. The lowest BCUT2D eigenvalue weighted by Crippen LogP contribution is -1.76. The first kappa shape index (κ1) is 19.6. The fourth-order valence-electron chi connectivity index (χ4n) is 1.54. The molecule has 0 aromatic rings. The maximum atomic E-state index is 3.71. The monoisotopic (exact) mass is 250 g/mol. The maximum Gasteiger partial charge on any atom is -0.0351 e. The van der Waals surface area contributed by atoms with Crippen LogP contribution in [-0.4, -0.2) is 0 Å². The predicted molar refractivity (Wildman–Crippen MR) is 87.1 cm³/mol. The summed E-state index contributed by atoms with van der Waals surface area (Å²) < 4.78 is 0. The van der Waals surface area contributed by atoms with E-state index in [2.05, 4.69) is 39.2 Å². The SMILES string of the molecule is C=CCCCC.C=CCCCCCCC=CCC. The van der Waals surface area contributed by atoms with Gasteiger partial charge >= 0.3 is 0 Å². The summed E-state index contributed by atoms with van der Waals surface area (Å²) in [5.74, 6) is 0. The van der Waals surface area contributed by atoms with Gasteiger partial charge in [-0.05, 0) is 38.5 Å². The van der Waals surface area contributed by atoms with Crippen LogP contribution in [0.2, 0.25) is 0 Å². The molecule has 0 bridgehead atoms. The molecule has 0 aromatic carbocycles. The van der Waals surface area contributed by atoms with E-state index in [-0.39, 0.29) is 0 Å². The summed E-state index contributed by atoms with van der Waals surface area (Å²) in [5, 5.41) is 0. The van der Waals surface area contributed by atoms with Gasteiger partial charge in [0, 0.05) is 0 Å². The second-order valence-electron chi connectivity index (χ2n) is 4.59. The third kappa shape index (κ3) is 24.4. The maximum absolute atomic E-state index is 3.71. The van der Waals surface area contributed by atoms with Crippen LogP contribution < -0.4 is 0 Å². The highest BCUT2D eigenvalue weighted by Gasteiger charge is 1.86. The van der Waals surface area contributed by atoms with Crippen molar-refractivity contribution in [2.24, 2.45) is 0 Å². The minimum atomic E-state index is 1.18. The largest absolute Gasteiger partial charge is 0.103 e. The van der Waals surface area contributed by atoms with E-state index >= 15 is 0 Å². The molecule has 0 heteroatoms. The summed E-state index contributed by atoms with van der Waals surface area (Å²) in [6.07, 6.45) is 21.3. The third-order valence-corrected chi connectivity index (χ3v) is 2.69. The zero-order valence-electron chi connectivity index (χ0n) is 12.8. The van der Waals surface area contributed by atoms with Crippen molar-refractivity contribution in [2.75, 3.05) is 0 Å². The Morgan fingerprint density at radius 3 is 1.67 bits per heavy atom. The van der Waals surface area contributed by atoms with Gasteiger partial charge in [-0.1, -0.05) is 63.8 Å². The first-order chi connectivity index (χ1) is 8.83. The Hall–Kier alpha value is -0.780. The van der Waals surface area contributed by atoms with Crippen LogP contribution in [0.5, 0.6) is 0 Å². The number of unbranched alkanes of at least 4 members (excludes halogenated alkanes) is 7. The molecule has 0 rings (SSSR count). The molecule has 0 amide bonds. The topological polar surface area (TPSA) is 0 Å². The van der Waals surface area contributed by atoms with E-state index in [0.29, 0.717) is 0 Å². The van der Waals surface area contributed by atoms with Crippen molar-refractivity contribution >= 4 is 0 Å². The third-order valence-electron chi connectivity index (χ3n) is 2.69. The summed E-state index contributed by atoms with van der Waals surface area (Å²) in [6.45, 7) is 11.7. The van der Waals surface area contributed by atoms with Crippen LogP contribution in [0.1, 0.15) is 78.1 Å². The molecular weight excluding hydrogens is 216 g/mol. The van der Waals surface area contributed by atoms with Gasteiger partial charge in [-0.2, -0.15) is 0 Å². The van der Waals surface area contributed by atoms with E-state index in [1.165, 1.54) is 64.2 Å². The smallest absolute Gasteiger partial charge is 0.0351 e. The van der Waals surface area contributed by atoms with Crippen LogP contribution in [0.25, 0.3) is 0 Å². The van der Waals surface area contributed by atoms with Gasteiger partial charge in [0.1, 0.15) is 0 Å². The van der Waals surface area contributed by atoms with Gasteiger partial charge in [0.2, 0.25) is 0 Å². The summed E-state index contributed by atoms with van der Waals surface area (Å²) >= 11 is 0. The Morgan fingerprint density at radius 2 is 1.22 bits per heavy atom. The summed E-state index contributed by atoms with van der Waals surface area (Å²) in [4.78, 5) is 0. The van der Waals surface area contributed by atoms with Crippen LogP contribution in [0.15, 0.2) is 37.5 Å². The van der Waals surface area contributed by atoms with Crippen molar-refractivity contribution in [1.82, 2.24) is 0 Å². The molecule has 0 N–H and O–H groups in total. The lowest BCUT2D eigenvalue weighted by atomic mass is 10.1. The number of hydrogen-bond acceptors (Lipinski definition) is 0. The first-order valence-electron chi connectivity index (χ1n) is 7.70. The average Bonchev–Trinajstić information content (AvgIpc) is 2.40. The van der Waals surface area contributed by atoms with Gasteiger partial charge in [0.25, 0.3) is 0 Å². The van der Waals surface area contributed by atoms with Crippen LogP contribution in [0, 0.1) is 0 Å². The normalized spacial score (nSPS) is 9.89. The molecular formula is C18H34. The molecule has 0 radical (unpaired) electrons. The standard InChI is InChI=1S/C12H22.C6H12/c1-3-5-7-9-11-12-10-8-6-4-2;1-3-5-6-4-2/h3,6,8H,1,4-5,7,9-12H2,2H3;3H,1,4-6H2,2H3. The fraction of sp³-hybridized carbons (Fsp3) is 0.667. The molecule has 0 saturated carbocycles. The van der Waals surface area contributed by atoms with Gasteiger partial charge in [-0.25, -0.2) is 0 Å². The molecule has 0 heterocycles. The van der Waals surface area contributed by atoms with Crippen molar-refractivity contribution in [3.8, 4) is 0 Å². The summed E-state index contributed by atoms with van der Waals surface area (Å²) in [6, 6.07) is 0. The second kappa shape index (κ2) is 21.5. The number of allylic oxidation sites excluding steroid dienone is 4. The molecule has 0 nitrogen and oxygen atoms in total. The number of rotatable bonds is 11. The highest BCUT2D eigenvalue weighted by Crippen LogP contribution is 2.05. The van der Waals surface area contributed by atoms with E-state index in [1.54, 1.807) is 0 Å². The van der Waals surface area contributed by atoms with Crippen LogP contribution in [0.3, 0.4) is 0 Å². The highest BCUT2D eigenvalue weighted by molar-refractivity contribution is 4.79. The molecule has 0 aliphatic carbocycles. The second-order valence-corrected chi connectivity index (χ2v) is 4.59. The quantitative estimate of drug-likeness (QED) is 0.278. The van der Waals surface area contributed by atoms with E-state index in [1.807, 2.05) is 12.2 Å². The fourth-order valence-corrected chi connectivity index (χ4v) is 1.54. The van der Waals surface area contributed by atoms with E-state index in [9.17, 15) is 0 Å². The van der Waals surface area contributed by atoms with Crippen molar-refractivity contribution in [2.45, 2.75) is 78.1 Å². The average molecular weight is 250 g/mol. The lowest BCUT2D eigenvalue weighted by molar-refractivity contribution is 0.652. The van der Waals surface area contributed by atoms with Crippen LogP contribution in [0.4, 0.5) is 0 Å². The highest BCUT2D eigenvalue weighted by atomic mass is 13.9. The minimum Gasteiger partial charge on any atom is -0.103 e. The van der Waals surface area contributed by atoms with Gasteiger partial charge in [-0.15, -0.1) is 13.2 Å². The number of hydrogen-bond donors (Lipinski definition) is 0. The Labute approximate surface area is 116 Å². The molecule has 0 aliphatic rings. The molecule has 0 aromatic heterocycles. The summed E-state index contributed by atoms with van der Waals surface area (Å²) in [5.41, 5.74) is 0. The Bertz CT molecular complexity index is 176. The zero-order chi connectivity index (χ0) is 13.9. The Kier molecular flexibility index (Phi) is 23.4. The lowest BCUT2D eigenvalue weighted by Gasteiger charge is -1.95. The summed E-state index contributed by atoms with van der Waals surface area (Å²) in [7, 11) is 0. The van der Waals surface area contributed by atoms with Crippen LogP contribution >= 0.6 is 0 Å². The molecule has 18 heavy (non-hydrogen) atoms. The van der Waals surface area contributed by atoms with Gasteiger partial charge < -0.3 is 0 Å². The molecule has 0 saturated heterocycles. The van der Waals surface area contributed by atoms with Crippen molar-refractivity contribution < 1.29 is 0 Å². The van der Waals surface area contributed by atoms with E-state index in [0.717, 1.165) is 0 Å². The van der Waals surface area contributed by atoms with Gasteiger partial charge in [0.15, 0.2) is 0 Å². The molecule has 0 atom stereocenters. The molecule has 0 unspecified atom stereocenters. The van der Waals surface area contributed by atoms with Crippen LogP contribution in [-0.2, 0) is 0 Å². The van der Waals surface area contributed by atoms with Crippen molar-refractivity contribution in [1.29, 1.82) is 0 Å². The van der Waals surface area contributed by atoms with Crippen molar-refractivity contribution in [3.63, 3.8) is 0 Å². The molecule has 0 aliphatic heterocycles. The van der Waals surface area contributed by atoms with Crippen molar-refractivity contribution in [3.05, 3.63) is 37.5 Å². The minimum absolute atomic E-state index is 1.18. The first-order valence-corrected chi connectivity index (χ1v) is 7.70. The van der Waals surface area contributed by atoms with Gasteiger partial charge in [0.05, 0.1) is 0 Å². The molecule has 0 fully saturated rings. The predicted octanol–water partition coefficient (Wildman–Crippen LogP) is 6.84. The van der Waals surface area contributed by atoms with E-state index in [4.69, 9.17) is 0 Å². The molecule has 106 valence electrons. The zero-order valence-corrected chi connectivity index (χ0v) is 12.8.